The van der Waals surface area contributed by atoms with Gasteiger partial charge >= 0.3 is 12.1 Å². The molecule has 0 saturated carbocycles. The van der Waals surface area contributed by atoms with Crippen molar-refractivity contribution in [3.8, 4) is 23.1 Å². The van der Waals surface area contributed by atoms with Crippen LogP contribution in [0.1, 0.15) is 80.2 Å². The number of amides is 1. The molecule has 3 saturated heterocycles. The third-order valence-electron chi connectivity index (χ3n) is 12.2. The number of hydrogen-bond donors (Lipinski definition) is 2. The molecule has 5 rings (SSSR count). The summed E-state index contributed by atoms with van der Waals surface area (Å²) in [5.41, 5.74) is -0.110. The lowest BCUT2D eigenvalue weighted by Gasteiger charge is -2.47. The van der Waals surface area contributed by atoms with Crippen LogP contribution in [0.3, 0.4) is 0 Å². The number of cyclic esters (lactones) is 1. The summed E-state index contributed by atoms with van der Waals surface area (Å²) in [5, 5.41) is 14.4. The highest BCUT2D eigenvalue weighted by molar-refractivity contribution is 6.00. The second kappa shape index (κ2) is 18.8. The van der Waals surface area contributed by atoms with Gasteiger partial charge in [0.1, 0.15) is 30.5 Å². The smallest absolute Gasteiger partial charge is 0.408 e. The van der Waals surface area contributed by atoms with Crippen molar-refractivity contribution >= 4 is 23.6 Å². The molecular formula is C44H60N4O10. The highest BCUT2D eigenvalue weighted by atomic mass is 16.7. The lowest BCUT2D eigenvalue weighted by atomic mass is 9.73. The molecule has 2 aromatic rings. The van der Waals surface area contributed by atoms with Gasteiger partial charge in [0.2, 0.25) is 0 Å². The van der Waals surface area contributed by atoms with E-state index in [0.717, 1.165) is 16.8 Å². The summed E-state index contributed by atoms with van der Waals surface area (Å²) in [5.74, 6) is 1.04. The van der Waals surface area contributed by atoms with E-state index in [2.05, 4.69) is 27.1 Å². The first-order chi connectivity index (χ1) is 27.4. The van der Waals surface area contributed by atoms with E-state index < -0.39 is 83.4 Å². The number of ketones is 2. The van der Waals surface area contributed by atoms with Crippen LogP contribution < -0.4 is 5.32 Å². The van der Waals surface area contributed by atoms with Crippen molar-refractivity contribution in [1.82, 2.24) is 20.2 Å². The fourth-order valence-electron chi connectivity index (χ4n) is 8.78. The van der Waals surface area contributed by atoms with Crippen molar-refractivity contribution in [2.45, 2.75) is 135 Å². The van der Waals surface area contributed by atoms with Gasteiger partial charge in [-0.25, -0.2) is 4.79 Å². The zero-order valence-electron chi connectivity index (χ0n) is 35.4. The van der Waals surface area contributed by atoms with E-state index >= 15 is 0 Å². The maximum atomic E-state index is 14.4. The Morgan fingerprint density at radius 2 is 1.69 bits per heavy atom. The van der Waals surface area contributed by atoms with Crippen LogP contribution in [0.5, 0.6) is 0 Å². The van der Waals surface area contributed by atoms with Crippen LogP contribution in [0.4, 0.5) is 4.79 Å². The minimum Gasteiger partial charge on any atom is -0.458 e. The number of esters is 1. The van der Waals surface area contributed by atoms with Crippen LogP contribution in [0, 0.1) is 35.5 Å². The van der Waals surface area contributed by atoms with Crippen molar-refractivity contribution in [3.05, 3.63) is 48.4 Å². The van der Waals surface area contributed by atoms with E-state index in [4.69, 9.17) is 23.7 Å². The highest BCUT2D eigenvalue weighted by Crippen LogP contribution is 2.40. The van der Waals surface area contributed by atoms with Gasteiger partial charge in [0.25, 0.3) is 0 Å². The number of alkyl carbamates (subject to hydrolysis) is 1. The van der Waals surface area contributed by atoms with Crippen LogP contribution >= 0.6 is 0 Å². The number of nitrogens with zero attached hydrogens (tertiary/aromatic N) is 3. The fraction of sp³-hybridized carbons (Fsp3) is 0.636. The van der Waals surface area contributed by atoms with Gasteiger partial charge in [0.15, 0.2) is 17.7 Å². The number of aromatic nitrogens is 2. The first kappa shape index (κ1) is 44.8. The van der Waals surface area contributed by atoms with E-state index in [1.807, 2.05) is 50.2 Å². The minimum absolute atomic E-state index is 0.0632. The molecule has 3 fully saturated rings. The number of aliphatic hydroxyl groups is 1. The minimum atomic E-state index is -1.40. The Kier molecular flexibility index (Phi) is 14.5. The summed E-state index contributed by atoms with van der Waals surface area (Å²) in [4.78, 5) is 65.8. The number of hydrogen-bond acceptors (Lipinski definition) is 13. The number of carbonyl (C=O) groups excluding carboxylic acids is 4. The Balaban J connectivity index is 1.50. The molecule has 14 nitrogen and oxygen atoms in total. The Morgan fingerprint density at radius 1 is 0.983 bits per heavy atom. The molecule has 0 radical (unpaired) electrons. The molecule has 1 amide bonds. The van der Waals surface area contributed by atoms with E-state index in [1.165, 1.54) is 6.92 Å². The normalized spacial score (nSPS) is 36.2. The number of aliphatic hydroxyl groups excluding tert-OH is 1. The molecule has 0 unspecified atom stereocenters. The van der Waals surface area contributed by atoms with Gasteiger partial charge in [-0.05, 0) is 66.6 Å². The third-order valence-corrected chi connectivity index (χ3v) is 12.2. The molecule has 13 atom stereocenters. The SMILES string of the molecule is CC[C@H]1OC(=O)[C@H](C)C(=O)[C@H](C)[C@@H](O[C@@H]2O[C@H](C)C[C@H](N(C)C)[C@H]2O)[C@@](C)(OCC#CCc2ccc(-c3cnccn3)cc2)C[C@@H](C)C(=O)[C@H](C)[C@H]2NC(=O)O[C@@]21C. The van der Waals surface area contributed by atoms with Gasteiger partial charge in [0.05, 0.1) is 35.7 Å². The Morgan fingerprint density at radius 3 is 2.33 bits per heavy atom. The van der Waals surface area contributed by atoms with Crippen LogP contribution in [-0.2, 0) is 44.5 Å². The van der Waals surface area contributed by atoms with Crippen molar-refractivity contribution in [1.29, 1.82) is 0 Å². The van der Waals surface area contributed by atoms with E-state index in [9.17, 15) is 24.3 Å². The molecule has 1 aromatic heterocycles. The molecule has 0 aliphatic carbocycles. The molecule has 3 aliphatic rings. The van der Waals surface area contributed by atoms with Crippen molar-refractivity contribution in [2.75, 3.05) is 20.7 Å². The standard InChI is InChI=1S/C44H60N4O10/c1-11-34-44(8)38(47-42(53)58-44)27(4)35(49)25(2)23-43(7,54-21-13-12-14-30-15-17-31(18-16-30)32-24-45-19-20-46-32)39(28(5)36(50)29(6)40(52)56-34)57-41-37(51)33(48(9)10)22-26(3)55-41/h15-20,24-29,33-34,37-39,41,51H,11,14,21-23H2,1-10H3,(H,47,53)/t25-,26-,27+,28+,29-,33+,34-,37-,38-,39-,41+,43+,44-/m1/s1. The zero-order chi connectivity index (χ0) is 42.5. The van der Waals surface area contributed by atoms with Crippen LogP contribution in [-0.4, -0.2) is 118 Å². The van der Waals surface area contributed by atoms with Gasteiger partial charge in [-0.2, -0.15) is 0 Å². The average Bonchev–Trinajstić information content (AvgIpc) is 3.52. The molecule has 0 bridgehead atoms. The van der Waals surface area contributed by atoms with Crippen LogP contribution in [0.2, 0.25) is 0 Å². The quantitative estimate of drug-likeness (QED) is 0.216. The molecule has 14 heteroatoms. The lowest BCUT2D eigenvalue weighted by molar-refractivity contribution is -0.296. The predicted molar refractivity (Wildman–Crippen MR) is 214 cm³/mol. The van der Waals surface area contributed by atoms with E-state index in [0.29, 0.717) is 12.8 Å². The molecule has 0 spiro atoms. The summed E-state index contributed by atoms with van der Waals surface area (Å²) >= 11 is 0. The van der Waals surface area contributed by atoms with Crippen molar-refractivity contribution in [2.24, 2.45) is 23.7 Å². The Labute approximate surface area is 342 Å². The fourth-order valence-corrected chi connectivity index (χ4v) is 8.78. The van der Waals surface area contributed by atoms with E-state index in [-0.39, 0.29) is 37.4 Å². The zero-order valence-corrected chi connectivity index (χ0v) is 35.4. The molecule has 2 N–H and O–H groups in total. The Bertz CT molecular complexity index is 1830. The molecule has 316 valence electrons. The molecule has 1 aromatic carbocycles. The number of rotatable bonds is 8. The van der Waals surface area contributed by atoms with Gasteiger partial charge in [-0.3, -0.25) is 24.4 Å². The summed E-state index contributed by atoms with van der Waals surface area (Å²) in [6.07, 6.45) is 0.901. The van der Waals surface area contributed by atoms with Crippen molar-refractivity contribution in [3.63, 3.8) is 0 Å². The lowest BCUT2D eigenvalue weighted by Crippen LogP contribution is -2.60. The molecule has 58 heavy (non-hydrogen) atoms. The van der Waals surface area contributed by atoms with Crippen LogP contribution in [0.15, 0.2) is 42.9 Å². The largest absolute Gasteiger partial charge is 0.458 e. The first-order valence-electron chi connectivity index (χ1n) is 20.3. The van der Waals surface area contributed by atoms with Crippen LogP contribution in [0.25, 0.3) is 11.3 Å². The number of fused-ring (bicyclic) bond motifs is 1. The monoisotopic (exact) mass is 804 g/mol. The predicted octanol–water partition coefficient (Wildman–Crippen LogP) is 4.55. The maximum Gasteiger partial charge on any atom is 0.408 e. The summed E-state index contributed by atoms with van der Waals surface area (Å²) in [6.45, 7) is 13.6. The number of nitrogens with one attached hydrogen (secondary N) is 1. The van der Waals surface area contributed by atoms with Crippen molar-refractivity contribution < 1.29 is 48.0 Å². The molecule has 3 aliphatic heterocycles. The van der Waals surface area contributed by atoms with Gasteiger partial charge in [-0.1, -0.05) is 63.8 Å². The van der Waals surface area contributed by atoms with Gasteiger partial charge < -0.3 is 39.0 Å². The third kappa shape index (κ3) is 9.77. The second-order valence-electron chi connectivity index (χ2n) is 16.8. The Hall–Kier alpha value is -4.26. The number of benzene rings is 1. The molecule has 4 heterocycles. The summed E-state index contributed by atoms with van der Waals surface area (Å²) in [7, 11) is 3.73. The van der Waals surface area contributed by atoms with Gasteiger partial charge in [0, 0.05) is 48.2 Å². The summed E-state index contributed by atoms with van der Waals surface area (Å²) in [6, 6.07) is 6.71. The number of likely N-dealkylation sites (N-methyl/N-ethyl adjacent to an activating group) is 1. The number of carbonyl (C=O) groups is 4. The van der Waals surface area contributed by atoms with E-state index in [1.54, 1.807) is 60.1 Å². The second-order valence-corrected chi connectivity index (χ2v) is 16.8. The first-order valence-corrected chi connectivity index (χ1v) is 20.3. The maximum absolute atomic E-state index is 14.4. The number of Topliss-reactive ketones (excluding diaryl/α,β-unsaturated/α-hetero) is 2. The summed E-state index contributed by atoms with van der Waals surface area (Å²) < 4.78 is 31.3. The van der Waals surface area contributed by atoms with Gasteiger partial charge in [-0.15, -0.1) is 0 Å². The highest BCUT2D eigenvalue weighted by Gasteiger charge is 2.57. The number of ether oxygens (including phenoxy) is 5. The topological polar surface area (TPSA) is 176 Å². The average molecular weight is 805 g/mol. The molecular weight excluding hydrogens is 745 g/mol.